The van der Waals surface area contributed by atoms with Crippen LogP contribution in [0.25, 0.3) is 0 Å². The molecule has 0 saturated carbocycles. The van der Waals surface area contributed by atoms with Crippen molar-refractivity contribution in [1.82, 2.24) is 10.0 Å². The van der Waals surface area contributed by atoms with Crippen molar-refractivity contribution in [1.29, 1.82) is 0 Å². The Morgan fingerprint density at radius 2 is 1.57 bits per heavy atom. The zero-order valence-corrected chi connectivity index (χ0v) is 16.4. The molecular weight excluding hydrogens is 393 g/mol. The first-order valence-electron chi connectivity index (χ1n) is 8.55. The van der Waals surface area contributed by atoms with Gasteiger partial charge in [-0.05, 0) is 42.7 Å². The number of carbonyl (C=O) groups is 1. The maximum Gasteiger partial charge on any atom is 0.244 e. The summed E-state index contributed by atoms with van der Waals surface area (Å²) < 4.78 is 67.5. The molecule has 0 aromatic heterocycles. The van der Waals surface area contributed by atoms with E-state index in [0.717, 1.165) is 24.3 Å². The molecule has 2 aromatic carbocycles. The van der Waals surface area contributed by atoms with E-state index in [1.807, 2.05) is 0 Å². The van der Waals surface area contributed by atoms with Crippen molar-refractivity contribution in [3.8, 4) is 0 Å². The lowest BCUT2D eigenvalue weighted by atomic mass is 10.0. The molecule has 2 rings (SSSR count). The van der Waals surface area contributed by atoms with Gasteiger partial charge in [-0.25, -0.2) is 21.6 Å². The highest BCUT2D eigenvalue weighted by molar-refractivity contribution is 7.89. The maximum absolute atomic E-state index is 13.9. The zero-order chi connectivity index (χ0) is 21.1. The number of hydrogen-bond acceptors (Lipinski definition) is 3. The first-order chi connectivity index (χ1) is 13.0. The molecule has 2 aromatic rings. The summed E-state index contributed by atoms with van der Waals surface area (Å²) in [7, 11) is -4.29. The first kappa shape index (κ1) is 21.9. The van der Waals surface area contributed by atoms with Crippen LogP contribution in [-0.4, -0.2) is 20.4 Å². The Morgan fingerprint density at radius 1 is 0.929 bits per heavy atom. The Bertz CT molecular complexity index is 965. The Balaban J connectivity index is 2.20. The molecule has 28 heavy (non-hydrogen) atoms. The number of hydrogen-bond donors (Lipinski definition) is 2. The second-order valence-electron chi connectivity index (χ2n) is 6.68. The molecule has 2 unspecified atom stereocenters. The number of nitrogens with one attached hydrogen (secondary N) is 2. The van der Waals surface area contributed by atoms with E-state index in [4.69, 9.17) is 0 Å². The zero-order valence-electron chi connectivity index (χ0n) is 15.5. The monoisotopic (exact) mass is 414 g/mol. The van der Waals surface area contributed by atoms with Gasteiger partial charge in [0.15, 0.2) is 11.6 Å². The minimum atomic E-state index is -4.29. The highest BCUT2D eigenvalue weighted by Gasteiger charge is 2.30. The van der Waals surface area contributed by atoms with Gasteiger partial charge in [-0.1, -0.05) is 32.0 Å². The molecule has 2 N–H and O–H groups in total. The highest BCUT2D eigenvalue weighted by atomic mass is 32.2. The molecule has 0 aliphatic carbocycles. The Morgan fingerprint density at radius 3 is 2.14 bits per heavy atom. The lowest BCUT2D eigenvalue weighted by Crippen LogP contribution is -2.50. The smallest absolute Gasteiger partial charge is 0.244 e. The van der Waals surface area contributed by atoms with Crippen molar-refractivity contribution >= 4 is 15.9 Å². The van der Waals surface area contributed by atoms with Crippen LogP contribution in [0.3, 0.4) is 0 Å². The van der Waals surface area contributed by atoms with E-state index in [1.165, 1.54) is 18.2 Å². The second kappa shape index (κ2) is 8.74. The quantitative estimate of drug-likeness (QED) is 0.730. The van der Waals surface area contributed by atoms with E-state index in [2.05, 4.69) is 10.0 Å². The van der Waals surface area contributed by atoms with Crippen LogP contribution in [0.2, 0.25) is 0 Å². The molecule has 0 spiro atoms. The van der Waals surface area contributed by atoms with Gasteiger partial charge in [0.2, 0.25) is 15.9 Å². The standard InChI is InChI=1S/C19H21F3N2O3S/c1-11(2)18(24-28(26,27)17-7-5-4-6-15(17)21)19(25)23-12(3)13-8-9-14(20)16(22)10-13/h4-12,18,24H,1-3H3,(H,23,25). The number of amides is 1. The number of sulfonamides is 1. The second-order valence-corrected chi connectivity index (χ2v) is 8.36. The van der Waals surface area contributed by atoms with Crippen molar-refractivity contribution in [2.75, 3.05) is 0 Å². The minimum Gasteiger partial charge on any atom is -0.348 e. The van der Waals surface area contributed by atoms with Gasteiger partial charge in [0, 0.05) is 0 Å². The molecule has 0 radical (unpaired) electrons. The van der Waals surface area contributed by atoms with Crippen LogP contribution < -0.4 is 10.0 Å². The summed E-state index contributed by atoms with van der Waals surface area (Å²) in [6.07, 6.45) is 0. The van der Waals surface area contributed by atoms with Gasteiger partial charge in [-0.3, -0.25) is 4.79 Å². The van der Waals surface area contributed by atoms with Crippen molar-refractivity contribution in [2.24, 2.45) is 5.92 Å². The lowest BCUT2D eigenvalue weighted by Gasteiger charge is -2.24. The topological polar surface area (TPSA) is 75.3 Å². The summed E-state index contributed by atoms with van der Waals surface area (Å²) >= 11 is 0. The molecular formula is C19H21F3N2O3S. The van der Waals surface area contributed by atoms with Crippen molar-refractivity contribution < 1.29 is 26.4 Å². The summed E-state index contributed by atoms with van der Waals surface area (Å²) in [4.78, 5) is 12.0. The van der Waals surface area contributed by atoms with Crippen LogP contribution in [0.15, 0.2) is 47.4 Å². The average molecular weight is 414 g/mol. The average Bonchev–Trinajstić information content (AvgIpc) is 2.61. The van der Waals surface area contributed by atoms with Crippen molar-refractivity contribution in [2.45, 2.75) is 37.8 Å². The van der Waals surface area contributed by atoms with Gasteiger partial charge in [0.25, 0.3) is 0 Å². The molecule has 0 fully saturated rings. The Labute approximate surface area is 162 Å². The molecule has 0 bridgehead atoms. The van der Waals surface area contributed by atoms with Gasteiger partial charge in [0.05, 0.1) is 6.04 Å². The highest BCUT2D eigenvalue weighted by Crippen LogP contribution is 2.18. The van der Waals surface area contributed by atoms with Crippen LogP contribution in [0.1, 0.15) is 32.4 Å². The van der Waals surface area contributed by atoms with Crippen LogP contribution >= 0.6 is 0 Å². The fraction of sp³-hybridized carbons (Fsp3) is 0.316. The summed E-state index contributed by atoms with van der Waals surface area (Å²) in [5.41, 5.74) is 0.312. The van der Waals surface area contributed by atoms with Gasteiger partial charge < -0.3 is 5.32 Å². The van der Waals surface area contributed by atoms with E-state index in [-0.39, 0.29) is 0 Å². The first-order valence-corrected chi connectivity index (χ1v) is 10.0. The summed E-state index contributed by atoms with van der Waals surface area (Å²) in [6.45, 7) is 4.79. The Kier molecular flexibility index (Phi) is 6.84. The molecule has 152 valence electrons. The predicted molar refractivity (Wildman–Crippen MR) is 98.3 cm³/mol. The Hall–Kier alpha value is -2.39. The lowest BCUT2D eigenvalue weighted by molar-refractivity contribution is -0.124. The van der Waals surface area contributed by atoms with Crippen molar-refractivity contribution in [3.05, 3.63) is 65.5 Å². The number of benzene rings is 2. The van der Waals surface area contributed by atoms with E-state index in [1.54, 1.807) is 20.8 Å². The minimum absolute atomic E-state index is 0.312. The summed E-state index contributed by atoms with van der Waals surface area (Å²) in [6, 6.07) is 6.12. The van der Waals surface area contributed by atoms with Gasteiger partial charge in [-0.2, -0.15) is 4.72 Å². The van der Waals surface area contributed by atoms with E-state index in [0.29, 0.717) is 5.56 Å². The summed E-state index contributed by atoms with van der Waals surface area (Å²) in [5.74, 6) is -4.14. The third kappa shape index (κ3) is 5.11. The third-order valence-corrected chi connectivity index (χ3v) is 5.63. The van der Waals surface area contributed by atoms with Gasteiger partial charge >= 0.3 is 0 Å². The van der Waals surface area contributed by atoms with Crippen molar-refractivity contribution in [3.63, 3.8) is 0 Å². The fourth-order valence-corrected chi connectivity index (χ4v) is 3.98. The largest absolute Gasteiger partial charge is 0.348 e. The van der Waals surface area contributed by atoms with Crippen LogP contribution in [0, 0.1) is 23.4 Å². The molecule has 1 amide bonds. The molecule has 9 heteroatoms. The molecule has 0 aliphatic heterocycles. The van der Waals surface area contributed by atoms with E-state index >= 15 is 0 Å². The number of carbonyl (C=O) groups excluding carboxylic acids is 1. The molecule has 0 saturated heterocycles. The van der Waals surface area contributed by atoms with Gasteiger partial charge in [-0.15, -0.1) is 0 Å². The normalized spacial score (nSPS) is 14.0. The molecule has 2 atom stereocenters. The molecule has 0 heterocycles. The summed E-state index contributed by atoms with van der Waals surface area (Å²) in [5, 5.41) is 2.56. The molecule has 5 nitrogen and oxygen atoms in total. The van der Waals surface area contributed by atoms with E-state index < -0.39 is 56.3 Å². The molecule has 0 aliphatic rings. The van der Waals surface area contributed by atoms with Crippen LogP contribution in [0.4, 0.5) is 13.2 Å². The third-order valence-electron chi connectivity index (χ3n) is 4.16. The van der Waals surface area contributed by atoms with Crippen LogP contribution in [-0.2, 0) is 14.8 Å². The number of halogens is 3. The van der Waals surface area contributed by atoms with Gasteiger partial charge in [0.1, 0.15) is 16.8 Å². The maximum atomic E-state index is 13.9. The van der Waals surface area contributed by atoms with Crippen LogP contribution in [0.5, 0.6) is 0 Å². The SMILES string of the molecule is CC(NC(=O)C(NS(=O)(=O)c1ccccc1F)C(C)C)c1ccc(F)c(F)c1. The number of rotatable bonds is 7. The predicted octanol–water partition coefficient (Wildman–Crippen LogP) is 3.28. The fourth-order valence-electron chi connectivity index (χ4n) is 2.55. The van der Waals surface area contributed by atoms with E-state index in [9.17, 15) is 26.4 Å².